The highest BCUT2D eigenvalue weighted by Gasteiger charge is 2.14. The molecule has 0 aliphatic carbocycles. The van der Waals surface area contributed by atoms with E-state index in [4.69, 9.17) is 13.6 Å². The Bertz CT molecular complexity index is 946. The molecule has 0 spiro atoms. The van der Waals surface area contributed by atoms with Crippen LogP contribution < -0.4 is 5.63 Å². The first-order valence-electron chi connectivity index (χ1n) is 7.22. The number of esters is 1. The minimum atomic E-state index is -0.566. The molecule has 2 aromatic heterocycles. The summed E-state index contributed by atoms with van der Waals surface area (Å²) in [5.41, 5.74) is 2.59. The van der Waals surface area contributed by atoms with Gasteiger partial charge in [0.05, 0.1) is 0 Å². The lowest BCUT2D eigenvalue weighted by Gasteiger charge is -2.09. The summed E-state index contributed by atoms with van der Waals surface area (Å²) in [4.78, 5) is 23.7. The van der Waals surface area contributed by atoms with Gasteiger partial charge in [0.2, 0.25) is 5.76 Å². The lowest BCUT2D eigenvalue weighted by molar-refractivity contribution is 0.0436. The topological polar surface area (TPSA) is 69.7 Å². The van der Waals surface area contributed by atoms with Gasteiger partial charge >= 0.3 is 11.6 Å². The highest BCUT2D eigenvalue weighted by atomic mass is 16.5. The zero-order chi connectivity index (χ0) is 16.6. The van der Waals surface area contributed by atoms with Gasteiger partial charge in [0.25, 0.3) is 0 Å². The zero-order valence-corrected chi connectivity index (χ0v) is 13.1. The van der Waals surface area contributed by atoms with Gasteiger partial charge in [-0.25, -0.2) is 9.59 Å². The summed E-state index contributed by atoms with van der Waals surface area (Å²) in [6.45, 7) is 5.56. The van der Waals surface area contributed by atoms with Crippen LogP contribution in [-0.4, -0.2) is 5.97 Å². The molecule has 118 valence electrons. The highest BCUT2D eigenvalue weighted by molar-refractivity contribution is 5.87. The van der Waals surface area contributed by atoms with E-state index in [9.17, 15) is 9.59 Å². The fourth-order valence-electron chi connectivity index (χ4n) is 2.40. The van der Waals surface area contributed by atoms with Crippen molar-refractivity contribution in [2.24, 2.45) is 0 Å². The van der Waals surface area contributed by atoms with E-state index in [0.717, 1.165) is 16.5 Å². The number of hydrogen-bond acceptors (Lipinski definition) is 5. The molecule has 0 radical (unpaired) electrons. The molecule has 0 saturated carbocycles. The third kappa shape index (κ3) is 2.90. The SMILES string of the molecule is Cc1ccc(C(=O)OCc2cc(=O)oc3c(C)c(C)ccc23)o1. The van der Waals surface area contributed by atoms with Crippen LogP contribution in [0, 0.1) is 20.8 Å². The Balaban J connectivity index is 1.92. The van der Waals surface area contributed by atoms with Crippen molar-refractivity contribution >= 4 is 16.9 Å². The molecular formula is C18H16O5. The van der Waals surface area contributed by atoms with Gasteiger partial charge in [0, 0.05) is 17.0 Å². The largest absolute Gasteiger partial charge is 0.455 e. The second kappa shape index (κ2) is 5.76. The number of aryl methyl sites for hydroxylation is 3. The number of fused-ring (bicyclic) bond motifs is 1. The monoisotopic (exact) mass is 312 g/mol. The molecule has 1 aromatic carbocycles. The molecule has 0 unspecified atom stereocenters. The molecule has 0 aliphatic heterocycles. The van der Waals surface area contributed by atoms with Gasteiger partial charge in [-0.3, -0.25) is 0 Å². The van der Waals surface area contributed by atoms with E-state index >= 15 is 0 Å². The Labute approximate surface area is 132 Å². The van der Waals surface area contributed by atoms with Crippen LogP contribution in [0.25, 0.3) is 11.0 Å². The number of hydrogen-bond donors (Lipinski definition) is 0. The summed E-state index contributed by atoms with van der Waals surface area (Å²) >= 11 is 0. The predicted octanol–water partition coefficient (Wildman–Crippen LogP) is 3.67. The summed E-state index contributed by atoms with van der Waals surface area (Å²) in [6, 6.07) is 8.40. The summed E-state index contributed by atoms with van der Waals surface area (Å²) < 4.78 is 15.8. The molecule has 2 heterocycles. The maximum atomic E-state index is 12.0. The first kappa shape index (κ1) is 15.1. The zero-order valence-electron chi connectivity index (χ0n) is 13.1. The maximum absolute atomic E-state index is 12.0. The molecule has 5 nitrogen and oxygen atoms in total. The van der Waals surface area contributed by atoms with Crippen LogP contribution in [0.4, 0.5) is 0 Å². The lowest BCUT2D eigenvalue weighted by Crippen LogP contribution is -2.07. The van der Waals surface area contributed by atoms with E-state index in [1.165, 1.54) is 6.07 Å². The molecule has 0 aliphatic rings. The van der Waals surface area contributed by atoms with Gasteiger partial charge < -0.3 is 13.6 Å². The van der Waals surface area contributed by atoms with Crippen LogP contribution >= 0.6 is 0 Å². The first-order chi connectivity index (χ1) is 11.0. The lowest BCUT2D eigenvalue weighted by atomic mass is 10.0. The highest BCUT2D eigenvalue weighted by Crippen LogP contribution is 2.24. The van der Waals surface area contributed by atoms with Crippen LogP contribution in [0.15, 0.2) is 44.0 Å². The van der Waals surface area contributed by atoms with Crippen molar-refractivity contribution in [2.45, 2.75) is 27.4 Å². The van der Waals surface area contributed by atoms with Gasteiger partial charge in [-0.1, -0.05) is 12.1 Å². The van der Waals surface area contributed by atoms with E-state index < -0.39 is 11.6 Å². The van der Waals surface area contributed by atoms with Crippen molar-refractivity contribution in [3.8, 4) is 0 Å². The summed E-state index contributed by atoms with van der Waals surface area (Å²) in [6.07, 6.45) is 0. The molecular weight excluding hydrogens is 296 g/mol. The molecule has 0 fully saturated rings. The number of rotatable bonds is 3. The average Bonchev–Trinajstić information content (AvgIpc) is 2.95. The molecule has 3 aromatic rings. The Morgan fingerprint density at radius 1 is 1.09 bits per heavy atom. The Hall–Kier alpha value is -2.82. The second-order valence-corrected chi connectivity index (χ2v) is 5.46. The Morgan fingerprint density at radius 3 is 2.57 bits per heavy atom. The average molecular weight is 312 g/mol. The van der Waals surface area contributed by atoms with E-state index in [0.29, 0.717) is 16.9 Å². The van der Waals surface area contributed by atoms with Gasteiger partial charge in [0.15, 0.2) is 0 Å². The molecule has 0 bridgehead atoms. The molecule has 5 heteroatoms. The molecule has 0 saturated heterocycles. The number of benzene rings is 1. The van der Waals surface area contributed by atoms with Crippen molar-refractivity contribution in [1.82, 2.24) is 0 Å². The van der Waals surface area contributed by atoms with E-state index in [1.807, 2.05) is 26.0 Å². The van der Waals surface area contributed by atoms with Crippen LogP contribution in [0.5, 0.6) is 0 Å². The van der Waals surface area contributed by atoms with Gasteiger partial charge in [-0.05, 0) is 44.0 Å². The van der Waals surface area contributed by atoms with Crippen molar-refractivity contribution in [2.75, 3.05) is 0 Å². The van der Waals surface area contributed by atoms with Crippen molar-refractivity contribution in [3.05, 3.63) is 69.0 Å². The Kier molecular flexibility index (Phi) is 3.78. The fraction of sp³-hybridized carbons (Fsp3) is 0.222. The predicted molar refractivity (Wildman–Crippen MR) is 84.5 cm³/mol. The van der Waals surface area contributed by atoms with E-state index in [1.54, 1.807) is 19.1 Å². The molecule has 0 atom stereocenters. The second-order valence-electron chi connectivity index (χ2n) is 5.46. The molecule has 23 heavy (non-hydrogen) atoms. The quantitative estimate of drug-likeness (QED) is 0.545. The number of ether oxygens (including phenoxy) is 1. The number of carbonyl (C=O) groups is 1. The molecule has 3 rings (SSSR count). The number of furan rings is 1. The maximum Gasteiger partial charge on any atom is 0.374 e. The van der Waals surface area contributed by atoms with Crippen LogP contribution in [0.1, 0.15) is 33.0 Å². The third-order valence-electron chi connectivity index (χ3n) is 3.82. The summed E-state index contributed by atoms with van der Waals surface area (Å²) in [7, 11) is 0. The van der Waals surface area contributed by atoms with Crippen LogP contribution in [0.3, 0.4) is 0 Å². The van der Waals surface area contributed by atoms with Crippen molar-refractivity contribution in [3.63, 3.8) is 0 Å². The molecule has 0 N–H and O–H groups in total. The Morgan fingerprint density at radius 2 is 1.87 bits per heavy atom. The van der Waals surface area contributed by atoms with Gasteiger partial charge in [0.1, 0.15) is 18.0 Å². The third-order valence-corrected chi connectivity index (χ3v) is 3.82. The van der Waals surface area contributed by atoms with Crippen molar-refractivity contribution < 1.29 is 18.4 Å². The van der Waals surface area contributed by atoms with Crippen LogP contribution in [0.2, 0.25) is 0 Å². The summed E-state index contributed by atoms with van der Waals surface area (Å²) in [5, 5.41) is 0.760. The van der Waals surface area contributed by atoms with Crippen molar-refractivity contribution in [1.29, 1.82) is 0 Å². The summed E-state index contributed by atoms with van der Waals surface area (Å²) in [5.74, 6) is 0.207. The van der Waals surface area contributed by atoms with Crippen LogP contribution in [-0.2, 0) is 11.3 Å². The smallest absolute Gasteiger partial charge is 0.374 e. The van der Waals surface area contributed by atoms with E-state index in [2.05, 4.69) is 0 Å². The first-order valence-corrected chi connectivity index (χ1v) is 7.22. The van der Waals surface area contributed by atoms with Gasteiger partial charge in [-0.15, -0.1) is 0 Å². The fourth-order valence-corrected chi connectivity index (χ4v) is 2.40. The minimum Gasteiger partial charge on any atom is -0.455 e. The minimum absolute atomic E-state index is 0.0246. The molecule has 0 amide bonds. The van der Waals surface area contributed by atoms with Gasteiger partial charge in [-0.2, -0.15) is 0 Å². The normalized spacial score (nSPS) is 10.9. The van der Waals surface area contributed by atoms with E-state index in [-0.39, 0.29) is 12.4 Å². The standard InChI is InChI=1S/C18H16O5/c1-10-4-6-14-13(8-16(19)23-17(14)12(10)3)9-21-18(20)15-7-5-11(2)22-15/h4-8H,9H2,1-3H3. The number of carbonyl (C=O) groups excluding carboxylic acids is 1.